The van der Waals surface area contributed by atoms with Crippen molar-refractivity contribution in [2.45, 2.75) is 19.4 Å². The van der Waals surface area contributed by atoms with Gasteiger partial charge < -0.3 is 15.0 Å². The lowest BCUT2D eigenvalue weighted by Gasteiger charge is -2.07. The molecule has 1 amide bonds. The van der Waals surface area contributed by atoms with Crippen LogP contribution < -0.4 is 5.32 Å². The number of ether oxygens (including phenoxy) is 1. The first-order chi connectivity index (χ1) is 12.6. The van der Waals surface area contributed by atoms with Gasteiger partial charge in [0.15, 0.2) is 6.61 Å². The monoisotopic (exact) mass is 370 g/mol. The summed E-state index contributed by atoms with van der Waals surface area (Å²) in [6.07, 6.45) is 2.69. The van der Waals surface area contributed by atoms with Gasteiger partial charge in [-0.1, -0.05) is 41.9 Å². The fraction of sp³-hybridized carbons (Fsp3) is 0.200. The lowest BCUT2D eigenvalue weighted by molar-refractivity contribution is -0.148. The van der Waals surface area contributed by atoms with Crippen molar-refractivity contribution in [3.05, 3.63) is 70.9 Å². The summed E-state index contributed by atoms with van der Waals surface area (Å²) >= 11 is 5.89. The molecule has 0 saturated carbocycles. The predicted molar refractivity (Wildman–Crippen MR) is 101 cm³/mol. The molecule has 6 heteroatoms. The number of hydrogen-bond donors (Lipinski definition) is 2. The fourth-order valence-electron chi connectivity index (χ4n) is 2.69. The number of carbonyl (C=O) groups is 2. The van der Waals surface area contributed by atoms with Crippen molar-refractivity contribution in [3.63, 3.8) is 0 Å². The summed E-state index contributed by atoms with van der Waals surface area (Å²) in [4.78, 5) is 26.8. The molecule has 0 aliphatic carbocycles. The fourth-order valence-corrected chi connectivity index (χ4v) is 2.90. The molecular weight excluding hydrogens is 352 g/mol. The Balaban J connectivity index is 1.40. The molecule has 0 spiro atoms. The average molecular weight is 371 g/mol. The van der Waals surface area contributed by atoms with Gasteiger partial charge in [-0.3, -0.25) is 9.59 Å². The molecule has 0 radical (unpaired) electrons. The summed E-state index contributed by atoms with van der Waals surface area (Å²) in [5, 5.41) is 4.40. The summed E-state index contributed by atoms with van der Waals surface area (Å²) < 4.78 is 5.04. The van der Waals surface area contributed by atoms with E-state index in [4.69, 9.17) is 16.3 Å². The molecule has 0 atom stereocenters. The number of hydrogen-bond acceptors (Lipinski definition) is 3. The quantitative estimate of drug-likeness (QED) is 0.624. The first kappa shape index (κ1) is 18.0. The number of esters is 1. The van der Waals surface area contributed by atoms with Crippen LogP contribution in [-0.2, 0) is 27.3 Å². The van der Waals surface area contributed by atoms with Crippen molar-refractivity contribution >= 4 is 34.4 Å². The Morgan fingerprint density at radius 2 is 1.96 bits per heavy atom. The Kier molecular flexibility index (Phi) is 5.92. The van der Waals surface area contributed by atoms with E-state index in [2.05, 4.69) is 10.3 Å². The zero-order valence-corrected chi connectivity index (χ0v) is 14.9. The van der Waals surface area contributed by atoms with Crippen LogP contribution in [0.3, 0.4) is 0 Å². The molecule has 0 unspecified atom stereocenters. The number of nitrogens with one attached hydrogen (secondary N) is 2. The molecule has 2 aromatic carbocycles. The van der Waals surface area contributed by atoms with Gasteiger partial charge >= 0.3 is 5.97 Å². The van der Waals surface area contributed by atoms with E-state index in [1.807, 2.05) is 42.6 Å². The lowest BCUT2D eigenvalue weighted by Crippen LogP contribution is -2.28. The van der Waals surface area contributed by atoms with Crippen LogP contribution in [0, 0.1) is 0 Å². The van der Waals surface area contributed by atoms with Crippen LogP contribution in [-0.4, -0.2) is 23.5 Å². The largest absolute Gasteiger partial charge is 0.456 e. The number of H-pyrrole nitrogens is 1. The summed E-state index contributed by atoms with van der Waals surface area (Å²) in [7, 11) is 0. The van der Waals surface area contributed by atoms with Crippen LogP contribution in [0.25, 0.3) is 10.9 Å². The van der Waals surface area contributed by atoms with Gasteiger partial charge in [0.2, 0.25) is 0 Å². The SMILES string of the molecule is O=C(COC(=O)CCc1c[nH]c2ccccc12)NCc1cccc(Cl)c1. The van der Waals surface area contributed by atoms with Gasteiger partial charge in [0.1, 0.15) is 0 Å². The molecule has 0 bridgehead atoms. The molecular formula is C20H19ClN2O3. The van der Waals surface area contributed by atoms with E-state index in [9.17, 15) is 9.59 Å². The van der Waals surface area contributed by atoms with Crippen LogP contribution in [0.15, 0.2) is 54.7 Å². The number of fused-ring (bicyclic) bond motifs is 1. The Morgan fingerprint density at radius 3 is 2.81 bits per heavy atom. The number of para-hydroxylation sites is 1. The first-order valence-electron chi connectivity index (χ1n) is 8.33. The highest BCUT2D eigenvalue weighted by atomic mass is 35.5. The molecule has 134 valence electrons. The predicted octanol–water partition coefficient (Wildman–Crippen LogP) is 3.61. The summed E-state index contributed by atoms with van der Waals surface area (Å²) in [6, 6.07) is 15.1. The standard InChI is InChI=1S/C20H19ClN2O3/c21-16-5-3-4-14(10-16)11-23-19(24)13-26-20(25)9-8-15-12-22-18-7-2-1-6-17(15)18/h1-7,10,12,22H,8-9,11,13H2,(H,23,24). The first-order valence-corrected chi connectivity index (χ1v) is 8.71. The number of carbonyl (C=O) groups excluding carboxylic acids is 2. The number of aromatic nitrogens is 1. The van der Waals surface area contributed by atoms with Crippen molar-refractivity contribution in [1.29, 1.82) is 0 Å². The maximum absolute atomic E-state index is 11.9. The number of aryl methyl sites for hydroxylation is 1. The van der Waals surface area contributed by atoms with Gasteiger partial charge in [-0.15, -0.1) is 0 Å². The maximum Gasteiger partial charge on any atom is 0.306 e. The second-order valence-corrected chi connectivity index (χ2v) is 6.36. The van der Waals surface area contributed by atoms with Gasteiger partial charge in [0.05, 0.1) is 0 Å². The molecule has 0 aliphatic heterocycles. The third-order valence-corrected chi connectivity index (χ3v) is 4.25. The Hall–Kier alpha value is -2.79. The molecule has 3 rings (SSSR count). The number of aromatic amines is 1. The molecule has 0 aliphatic rings. The molecule has 1 aromatic heterocycles. The highest BCUT2D eigenvalue weighted by Crippen LogP contribution is 2.19. The van der Waals surface area contributed by atoms with Gasteiger partial charge in [-0.25, -0.2) is 0 Å². The summed E-state index contributed by atoms with van der Waals surface area (Å²) in [5.74, 6) is -0.737. The topological polar surface area (TPSA) is 71.2 Å². The van der Waals surface area contributed by atoms with Crippen LogP contribution >= 0.6 is 11.6 Å². The minimum absolute atomic E-state index is 0.226. The van der Waals surface area contributed by atoms with E-state index in [0.717, 1.165) is 22.0 Å². The minimum atomic E-state index is -0.395. The van der Waals surface area contributed by atoms with Crippen LogP contribution in [0.4, 0.5) is 0 Å². The van der Waals surface area contributed by atoms with Gasteiger partial charge in [-0.2, -0.15) is 0 Å². The van der Waals surface area contributed by atoms with Crippen molar-refractivity contribution in [3.8, 4) is 0 Å². The Morgan fingerprint density at radius 1 is 1.12 bits per heavy atom. The summed E-state index contributed by atoms with van der Waals surface area (Å²) in [5.41, 5.74) is 2.98. The van der Waals surface area contributed by atoms with Gasteiger partial charge in [0, 0.05) is 35.1 Å². The Labute approximate surface area is 156 Å². The van der Waals surface area contributed by atoms with E-state index in [0.29, 0.717) is 18.0 Å². The Bertz CT molecular complexity index is 920. The lowest BCUT2D eigenvalue weighted by atomic mass is 10.1. The maximum atomic E-state index is 11.9. The number of benzene rings is 2. The van der Waals surface area contributed by atoms with Crippen LogP contribution in [0.2, 0.25) is 5.02 Å². The second-order valence-electron chi connectivity index (χ2n) is 5.93. The van der Waals surface area contributed by atoms with Gasteiger partial charge in [-0.05, 0) is 35.7 Å². The second kappa shape index (κ2) is 8.54. The van der Waals surface area contributed by atoms with Crippen LogP contribution in [0.1, 0.15) is 17.5 Å². The van der Waals surface area contributed by atoms with E-state index < -0.39 is 5.97 Å². The average Bonchev–Trinajstić information content (AvgIpc) is 3.06. The molecule has 1 heterocycles. The molecule has 0 saturated heterocycles. The van der Waals surface area contributed by atoms with Gasteiger partial charge in [0.25, 0.3) is 5.91 Å². The van der Waals surface area contributed by atoms with E-state index in [-0.39, 0.29) is 18.9 Å². The zero-order valence-electron chi connectivity index (χ0n) is 14.1. The molecule has 3 aromatic rings. The highest BCUT2D eigenvalue weighted by Gasteiger charge is 2.10. The molecule has 5 nitrogen and oxygen atoms in total. The van der Waals surface area contributed by atoms with Crippen molar-refractivity contribution < 1.29 is 14.3 Å². The smallest absolute Gasteiger partial charge is 0.306 e. The van der Waals surface area contributed by atoms with Crippen LogP contribution in [0.5, 0.6) is 0 Å². The van der Waals surface area contributed by atoms with E-state index in [1.54, 1.807) is 12.1 Å². The minimum Gasteiger partial charge on any atom is -0.456 e. The third kappa shape index (κ3) is 4.86. The van der Waals surface area contributed by atoms with E-state index in [1.165, 1.54) is 0 Å². The number of amides is 1. The molecule has 26 heavy (non-hydrogen) atoms. The molecule has 2 N–H and O–H groups in total. The normalized spacial score (nSPS) is 10.7. The molecule has 0 fully saturated rings. The number of rotatable bonds is 7. The number of halogens is 1. The van der Waals surface area contributed by atoms with Crippen molar-refractivity contribution in [2.24, 2.45) is 0 Å². The van der Waals surface area contributed by atoms with Crippen molar-refractivity contribution in [2.75, 3.05) is 6.61 Å². The van der Waals surface area contributed by atoms with Crippen molar-refractivity contribution in [1.82, 2.24) is 10.3 Å². The third-order valence-electron chi connectivity index (χ3n) is 4.02. The summed E-state index contributed by atoms with van der Waals surface area (Å²) in [6.45, 7) is 0.0551. The zero-order chi connectivity index (χ0) is 18.4. The van der Waals surface area contributed by atoms with E-state index >= 15 is 0 Å². The highest BCUT2D eigenvalue weighted by molar-refractivity contribution is 6.30.